The molecule has 3 rings (SSSR count). The average Bonchev–Trinajstić information content (AvgIpc) is 3.34. The minimum absolute atomic E-state index is 0.0248. The van der Waals surface area contributed by atoms with Gasteiger partial charge in [0.2, 0.25) is 5.91 Å². The Morgan fingerprint density at radius 1 is 1.31 bits per heavy atom. The van der Waals surface area contributed by atoms with Gasteiger partial charge >= 0.3 is 0 Å². The van der Waals surface area contributed by atoms with Crippen molar-refractivity contribution in [3.63, 3.8) is 0 Å². The summed E-state index contributed by atoms with van der Waals surface area (Å²) in [5.41, 5.74) is 1.42. The summed E-state index contributed by atoms with van der Waals surface area (Å²) < 4.78 is 13.2. The third kappa shape index (κ3) is 6.26. The van der Waals surface area contributed by atoms with Gasteiger partial charge in [0, 0.05) is 45.3 Å². The topological polar surface area (TPSA) is 80.4 Å². The largest absolute Gasteiger partial charge is 0.467 e. The number of carbonyl (C=O) groups excluding carboxylic acids is 1. The van der Waals surface area contributed by atoms with Crippen molar-refractivity contribution in [1.82, 2.24) is 9.78 Å². The maximum atomic E-state index is 12.8. The highest BCUT2D eigenvalue weighted by atomic mass is 35.5. The predicted octanol–water partition coefficient (Wildman–Crippen LogP) is 5.32. The predicted molar refractivity (Wildman–Crippen MR) is 128 cm³/mol. The summed E-state index contributed by atoms with van der Waals surface area (Å²) >= 11 is 12.8. The lowest BCUT2D eigenvalue weighted by atomic mass is 9.97. The summed E-state index contributed by atoms with van der Waals surface area (Å²) in [7, 11) is -1.17. The van der Waals surface area contributed by atoms with E-state index in [4.69, 9.17) is 37.9 Å². The van der Waals surface area contributed by atoms with Crippen LogP contribution in [0.4, 0.5) is 5.69 Å². The van der Waals surface area contributed by atoms with Crippen LogP contribution in [0.25, 0.3) is 0 Å². The number of nitrogens with zero attached hydrogens (tertiary/aromatic N) is 4. The highest BCUT2D eigenvalue weighted by molar-refractivity contribution is 6.76. The number of carbonyl (C=O) groups is 1. The molecule has 0 saturated carbocycles. The third-order valence-electron chi connectivity index (χ3n) is 5.30. The van der Waals surface area contributed by atoms with E-state index in [1.54, 1.807) is 34.1 Å². The molecule has 2 aromatic rings. The quantitative estimate of drug-likeness (QED) is 0.253. The summed E-state index contributed by atoms with van der Waals surface area (Å²) in [6.07, 6.45) is 4.06. The number of nitriles is 1. The molecule has 10 heteroatoms. The van der Waals surface area contributed by atoms with Crippen molar-refractivity contribution >= 4 is 42.9 Å². The maximum Gasteiger partial charge on any atom is 0.227 e. The van der Waals surface area contributed by atoms with Crippen LogP contribution in [0.2, 0.25) is 35.7 Å². The summed E-state index contributed by atoms with van der Waals surface area (Å²) in [6.45, 7) is 8.58. The number of rotatable bonds is 10. The lowest BCUT2D eigenvalue weighted by Crippen LogP contribution is -2.24. The van der Waals surface area contributed by atoms with Crippen LogP contribution >= 0.6 is 23.2 Å². The van der Waals surface area contributed by atoms with Crippen molar-refractivity contribution in [2.45, 2.75) is 51.0 Å². The van der Waals surface area contributed by atoms with Gasteiger partial charge in [-0.1, -0.05) is 42.8 Å². The number of hydrogen-bond acceptors (Lipinski definition) is 5. The van der Waals surface area contributed by atoms with Crippen molar-refractivity contribution in [2.75, 3.05) is 24.8 Å². The molecule has 1 atom stereocenters. The van der Waals surface area contributed by atoms with Gasteiger partial charge in [-0.2, -0.15) is 10.4 Å². The van der Waals surface area contributed by atoms with Crippen LogP contribution in [-0.2, 0) is 16.1 Å². The van der Waals surface area contributed by atoms with Gasteiger partial charge in [0.25, 0.3) is 0 Å². The van der Waals surface area contributed by atoms with Crippen LogP contribution in [0.1, 0.15) is 24.3 Å². The van der Waals surface area contributed by atoms with Crippen LogP contribution in [0.15, 0.2) is 24.5 Å². The molecular weight excluding hydrogens is 467 g/mol. The zero-order chi connectivity index (χ0) is 23.3. The van der Waals surface area contributed by atoms with Crippen LogP contribution in [0, 0.1) is 11.3 Å². The van der Waals surface area contributed by atoms with E-state index in [0.29, 0.717) is 47.6 Å². The van der Waals surface area contributed by atoms with E-state index in [1.807, 2.05) is 0 Å². The van der Waals surface area contributed by atoms with Crippen molar-refractivity contribution in [3.05, 3.63) is 40.1 Å². The molecular formula is C22H28Cl2N4O3Si. The summed E-state index contributed by atoms with van der Waals surface area (Å²) in [6, 6.07) is 6.61. The van der Waals surface area contributed by atoms with Crippen molar-refractivity contribution < 1.29 is 14.3 Å². The van der Waals surface area contributed by atoms with Crippen LogP contribution in [0.3, 0.4) is 0 Å². The Kier molecular flexibility index (Phi) is 8.23. The van der Waals surface area contributed by atoms with E-state index in [2.05, 4.69) is 30.8 Å². The van der Waals surface area contributed by atoms with Crippen molar-refractivity contribution in [3.8, 4) is 11.8 Å². The molecule has 0 N–H and O–H groups in total. The molecule has 1 aromatic carbocycles. The summed E-state index contributed by atoms with van der Waals surface area (Å²) in [4.78, 5) is 14.5. The van der Waals surface area contributed by atoms with Crippen molar-refractivity contribution in [1.29, 1.82) is 5.26 Å². The van der Waals surface area contributed by atoms with E-state index >= 15 is 0 Å². The first-order valence-electron chi connectivity index (χ1n) is 10.6. The van der Waals surface area contributed by atoms with Gasteiger partial charge in [0.1, 0.15) is 5.75 Å². The molecule has 0 radical (unpaired) electrons. The van der Waals surface area contributed by atoms with E-state index in [-0.39, 0.29) is 25.0 Å². The number of ether oxygens (including phenoxy) is 2. The second kappa shape index (κ2) is 10.7. The molecule has 1 fully saturated rings. The zero-order valence-electron chi connectivity index (χ0n) is 18.6. The monoisotopic (exact) mass is 494 g/mol. The van der Waals surface area contributed by atoms with Crippen molar-refractivity contribution in [2.24, 2.45) is 0 Å². The molecule has 0 aliphatic carbocycles. The SMILES string of the molecule is C[Si](C)(C)CCOCOc1ccc(Cl)c(Cl)c1[C@@H]1CC(=O)N(c2cnn(CCC#N)c2)C1. The van der Waals surface area contributed by atoms with Crippen LogP contribution < -0.4 is 9.64 Å². The lowest BCUT2D eigenvalue weighted by Gasteiger charge is -2.20. The Morgan fingerprint density at radius 3 is 2.81 bits per heavy atom. The highest BCUT2D eigenvalue weighted by Crippen LogP contribution is 2.43. The molecule has 172 valence electrons. The normalized spacial score (nSPS) is 16.4. The molecule has 1 amide bonds. The number of aryl methyl sites for hydroxylation is 1. The van der Waals surface area contributed by atoms with E-state index in [1.165, 1.54) is 0 Å². The minimum Gasteiger partial charge on any atom is -0.467 e. The number of hydrogen-bond donors (Lipinski definition) is 0. The third-order valence-corrected chi connectivity index (χ3v) is 7.83. The van der Waals surface area contributed by atoms with Gasteiger partial charge in [0.15, 0.2) is 6.79 Å². The van der Waals surface area contributed by atoms with Gasteiger partial charge in [-0.05, 0) is 18.2 Å². The van der Waals surface area contributed by atoms with Gasteiger partial charge in [-0.15, -0.1) is 0 Å². The molecule has 1 aliphatic heterocycles. The highest BCUT2D eigenvalue weighted by Gasteiger charge is 2.35. The molecule has 0 unspecified atom stereocenters. The Labute approximate surface area is 199 Å². The number of aromatic nitrogens is 2. The molecule has 0 bridgehead atoms. The number of amides is 1. The fourth-order valence-electron chi connectivity index (χ4n) is 3.53. The molecule has 7 nitrogen and oxygen atoms in total. The second-order valence-corrected chi connectivity index (χ2v) is 15.4. The van der Waals surface area contributed by atoms with E-state index in [9.17, 15) is 4.79 Å². The Hall–Kier alpha value is -2.05. The van der Waals surface area contributed by atoms with Gasteiger partial charge in [-0.3, -0.25) is 9.48 Å². The molecule has 1 aromatic heterocycles. The molecule has 1 saturated heterocycles. The molecule has 1 aliphatic rings. The number of benzene rings is 1. The lowest BCUT2D eigenvalue weighted by molar-refractivity contribution is -0.117. The zero-order valence-corrected chi connectivity index (χ0v) is 21.1. The van der Waals surface area contributed by atoms with Crippen LogP contribution in [0.5, 0.6) is 5.75 Å². The minimum atomic E-state index is -1.17. The fraction of sp³-hybridized carbons (Fsp3) is 0.500. The van der Waals surface area contributed by atoms with E-state index < -0.39 is 8.07 Å². The standard InChI is InChI=1S/C22H28Cl2N4O3Si/c1-32(2,3)10-9-30-15-31-19-6-5-18(23)22(24)21(19)16-11-20(29)28(13-16)17-12-26-27(14-17)8-4-7-25/h5-6,12,14,16H,4,8-11,13,15H2,1-3H3/t16-/m1/s1. The molecule has 2 heterocycles. The Bertz CT molecular complexity index is 1000. The molecule has 0 spiro atoms. The Morgan fingerprint density at radius 2 is 2.09 bits per heavy atom. The van der Waals surface area contributed by atoms with Gasteiger partial charge < -0.3 is 14.4 Å². The first-order chi connectivity index (χ1) is 15.2. The summed E-state index contributed by atoms with van der Waals surface area (Å²) in [5.74, 6) is 0.383. The number of anilines is 1. The summed E-state index contributed by atoms with van der Waals surface area (Å²) in [5, 5.41) is 13.8. The maximum absolute atomic E-state index is 12.8. The van der Waals surface area contributed by atoms with Gasteiger partial charge in [-0.25, -0.2) is 0 Å². The smallest absolute Gasteiger partial charge is 0.227 e. The first kappa shape index (κ1) is 24.6. The van der Waals surface area contributed by atoms with Gasteiger partial charge in [0.05, 0.1) is 41.0 Å². The average molecular weight is 495 g/mol. The fourth-order valence-corrected chi connectivity index (χ4v) is 4.76. The first-order valence-corrected chi connectivity index (χ1v) is 15.0. The number of halogens is 2. The van der Waals surface area contributed by atoms with E-state index in [0.717, 1.165) is 11.6 Å². The Balaban J connectivity index is 1.71. The molecule has 32 heavy (non-hydrogen) atoms. The second-order valence-electron chi connectivity index (χ2n) is 9.03. The van der Waals surface area contributed by atoms with Crippen LogP contribution in [-0.4, -0.2) is 43.7 Å².